The number of carbonyl (C=O) groups is 1. The second kappa shape index (κ2) is 5.42. The zero-order chi connectivity index (χ0) is 15.9. The van der Waals surface area contributed by atoms with E-state index in [1.807, 2.05) is 31.4 Å². The van der Waals surface area contributed by atoms with Gasteiger partial charge in [0.2, 0.25) is 0 Å². The fourth-order valence-corrected chi connectivity index (χ4v) is 2.73. The van der Waals surface area contributed by atoms with Crippen LogP contribution in [0.2, 0.25) is 0 Å². The van der Waals surface area contributed by atoms with Gasteiger partial charge >= 0.3 is 0 Å². The van der Waals surface area contributed by atoms with E-state index in [0.717, 1.165) is 35.2 Å². The zero-order valence-electron chi connectivity index (χ0n) is 12.7. The van der Waals surface area contributed by atoms with Crippen molar-refractivity contribution < 1.29 is 4.79 Å². The highest BCUT2D eigenvalue weighted by atomic mass is 16.2. The summed E-state index contributed by atoms with van der Waals surface area (Å²) in [5.74, 6) is 4.61. The molecule has 1 amide bonds. The van der Waals surface area contributed by atoms with Crippen molar-refractivity contribution in [1.82, 2.24) is 9.99 Å². The first kappa shape index (κ1) is 14.5. The molecule has 0 spiro atoms. The van der Waals surface area contributed by atoms with Gasteiger partial charge in [-0.3, -0.25) is 15.0 Å². The van der Waals surface area contributed by atoms with Crippen LogP contribution in [-0.2, 0) is 0 Å². The summed E-state index contributed by atoms with van der Waals surface area (Å²) in [5.41, 5.74) is 5.99. The van der Waals surface area contributed by atoms with E-state index < -0.39 is 5.91 Å². The zero-order valence-corrected chi connectivity index (χ0v) is 12.7. The fraction of sp³-hybridized carbons (Fsp3) is 0.294. The van der Waals surface area contributed by atoms with Crippen LogP contribution in [0.1, 0.15) is 40.4 Å². The molecular formula is C17H19N3O2. The van der Waals surface area contributed by atoms with Crippen molar-refractivity contribution in [1.29, 1.82) is 0 Å². The third kappa shape index (κ3) is 2.44. The van der Waals surface area contributed by atoms with Crippen LogP contribution in [0, 0.1) is 13.8 Å². The van der Waals surface area contributed by atoms with E-state index in [0.29, 0.717) is 0 Å². The van der Waals surface area contributed by atoms with E-state index in [1.165, 1.54) is 0 Å². The van der Waals surface area contributed by atoms with Gasteiger partial charge in [0.1, 0.15) is 5.56 Å². The summed E-state index contributed by atoms with van der Waals surface area (Å²) in [6.07, 6.45) is 1.93. The molecule has 1 aromatic heterocycles. The van der Waals surface area contributed by atoms with Crippen molar-refractivity contribution in [3.8, 4) is 11.3 Å². The minimum absolute atomic E-state index is 0.0865. The SMILES string of the molecule is Cc1ccc(C)c(-c2ccc(C(=O)NN)c(=O)n2C2CC2)c1. The third-order valence-corrected chi connectivity index (χ3v) is 4.07. The van der Waals surface area contributed by atoms with Gasteiger partial charge in [-0.05, 0) is 50.5 Å². The Morgan fingerprint density at radius 2 is 1.95 bits per heavy atom. The molecule has 0 aliphatic heterocycles. The molecule has 0 bridgehead atoms. The lowest BCUT2D eigenvalue weighted by atomic mass is 10.0. The minimum atomic E-state index is -0.549. The number of hydrogen-bond donors (Lipinski definition) is 2. The maximum absolute atomic E-state index is 12.7. The van der Waals surface area contributed by atoms with Crippen LogP contribution < -0.4 is 16.8 Å². The van der Waals surface area contributed by atoms with Crippen molar-refractivity contribution in [2.24, 2.45) is 5.84 Å². The summed E-state index contributed by atoms with van der Waals surface area (Å²) in [6.45, 7) is 4.05. The first-order valence-corrected chi connectivity index (χ1v) is 7.37. The van der Waals surface area contributed by atoms with E-state index in [9.17, 15) is 9.59 Å². The van der Waals surface area contributed by atoms with Crippen molar-refractivity contribution in [3.63, 3.8) is 0 Å². The number of hydrogen-bond acceptors (Lipinski definition) is 3. The van der Waals surface area contributed by atoms with E-state index in [4.69, 9.17) is 5.84 Å². The van der Waals surface area contributed by atoms with E-state index in [2.05, 4.69) is 12.1 Å². The Kier molecular flexibility index (Phi) is 3.58. The molecule has 1 saturated carbocycles. The van der Waals surface area contributed by atoms with Gasteiger partial charge in [0, 0.05) is 11.6 Å². The molecule has 1 aliphatic carbocycles. The summed E-state index contributed by atoms with van der Waals surface area (Å²) in [6, 6.07) is 9.74. The normalized spacial score (nSPS) is 14.0. The van der Waals surface area contributed by atoms with E-state index >= 15 is 0 Å². The molecule has 22 heavy (non-hydrogen) atoms. The number of nitrogens with two attached hydrogens (primary N) is 1. The highest BCUT2D eigenvalue weighted by Gasteiger charge is 2.29. The van der Waals surface area contributed by atoms with E-state index in [-0.39, 0.29) is 17.2 Å². The van der Waals surface area contributed by atoms with Gasteiger partial charge in [-0.25, -0.2) is 5.84 Å². The Bertz CT molecular complexity index is 804. The summed E-state index contributed by atoms with van der Waals surface area (Å²) < 4.78 is 1.74. The lowest BCUT2D eigenvalue weighted by Crippen LogP contribution is -2.36. The number of aromatic nitrogens is 1. The fourth-order valence-electron chi connectivity index (χ4n) is 2.73. The topological polar surface area (TPSA) is 77.1 Å². The average molecular weight is 297 g/mol. The number of aryl methyl sites for hydroxylation is 2. The predicted molar refractivity (Wildman–Crippen MR) is 85.5 cm³/mol. The number of nitrogens with one attached hydrogen (secondary N) is 1. The standard InChI is InChI=1S/C17H19N3O2/c1-10-3-4-11(2)14(9-10)15-8-7-13(16(21)19-18)17(22)20(15)12-5-6-12/h3-4,7-9,12H,5-6,18H2,1-2H3,(H,19,21). The molecule has 0 unspecified atom stereocenters. The predicted octanol–water partition coefficient (Wildman–Crippen LogP) is 2.07. The minimum Gasteiger partial charge on any atom is -0.305 e. The summed E-state index contributed by atoms with van der Waals surface area (Å²) in [4.78, 5) is 24.4. The molecule has 1 fully saturated rings. The lowest BCUT2D eigenvalue weighted by molar-refractivity contribution is 0.0951. The molecule has 0 saturated heterocycles. The van der Waals surface area contributed by atoms with Gasteiger partial charge in [-0.15, -0.1) is 0 Å². The highest BCUT2D eigenvalue weighted by Crippen LogP contribution is 2.37. The molecule has 114 valence electrons. The molecule has 3 N–H and O–H groups in total. The Labute approximate surface area is 128 Å². The number of amides is 1. The molecule has 0 radical (unpaired) electrons. The maximum Gasteiger partial charge on any atom is 0.270 e. The quantitative estimate of drug-likeness (QED) is 0.517. The number of pyridine rings is 1. The van der Waals surface area contributed by atoms with Gasteiger partial charge in [-0.1, -0.05) is 17.7 Å². The molecule has 5 heteroatoms. The van der Waals surface area contributed by atoms with E-state index in [1.54, 1.807) is 10.6 Å². The molecule has 1 aliphatic rings. The summed E-state index contributed by atoms with van der Waals surface area (Å²) in [5, 5.41) is 0. The second-order valence-corrected chi connectivity index (χ2v) is 5.83. The van der Waals surface area contributed by atoms with Crippen molar-refractivity contribution in [3.05, 3.63) is 57.4 Å². The smallest absolute Gasteiger partial charge is 0.270 e. The Hall–Kier alpha value is -2.40. The van der Waals surface area contributed by atoms with Crippen molar-refractivity contribution in [2.45, 2.75) is 32.7 Å². The number of rotatable bonds is 3. The summed E-state index contributed by atoms with van der Waals surface area (Å²) >= 11 is 0. The molecule has 3 rings (SSSR count). The number of nitrogens with zero attached hydrogens (tertiary/aromatic N) is 1. The Morgan fingerprint density at radius 1 is 1.23 bits per heavy atom. The van der Waals surface area contributed by atoms with Crippen LogP contribution in [0.3, 0.4) is 0 Å². The van der Waals surface area contributed by atoms with Crippen LogP contribution in [0.4, 0.5) is 0 Å². The lowest BCUT2D eigenvalue weighted by Gasteiger charge is -2.16. The molecule has 1 heterocycles. The number of benzene rings is 1. The van der Waals surface area contributed by atoms with Crippen LogP contribution in [0.25, 0.3) is 11.3 Å². The van der Waals surface area contributed by atoms with Gasteiger partial charge in [0.25, 0.3) is 11.5 Å². The molecule has 2 aromatic rings. The number of hydrazine groups is 1. The van der Waals surface area contributed by atoms with Crippen LogP contribution in [0.15, 0.2) is 35.1 Å². The monoisotopic (exact) mass is 297 g/mol. The van der Waals surface area contributed by atoms with Gasteiger partial charge in [0.15, 0.2) is 0 Å². The third-order valence-electron chi connectivity index (χ3n) is 4.07. The van der Waals surface area contributed by atoms with Crippen LogP contribution in [-0.4, -0.2) is 10.5 Å². The Balaban J connectivity index is 2.24. The van der Waals surface area contributed by atoms with Crippen LogP contribution >= 0.6 is 0 Å². The summed E-state index contributed by atoms with van der Waals surface area (Å²) in [7, 11) is 0. The van der Waals surface area contributed by atoms with Crippen molar-refractivity contribution >= 4 is 5.91 Å². The van der Waals surface area contributed by atoms with Gasteiger partial charge in [-0.2, -0.15) is 0 Å². The van der Waals surface area contributed by atoms with Crippen LogP contribution in [0.5, 0.6) is 0 Å². The maximum atomic E-state index is 12.7. The number of carbonyl (C=O) groups excluding carboxylic acids is 1. The highest BCUT2D eigenvalue weighted by molar-refractivity contribution is 5.93. The molecule has 5 nitrogen and oxygen atoms in total. The largest absolute Gasteiger partial charge is 0.305 e. The van der Waals surface area contributed by atoms with Gasteiger partial charge in [0.05, 0.1) is 5.69 Å². The average Bonchev–Trinajstić information content (AvgIpc) is 3.33. The first-order valence-electron chi connectivity index (χ1n) is 7.37. The molecule has 0 atom stereocenters. The Morgan fingerprint density at radius 3 is 2.59 bits per heavy atom. The molecule has 1 aromatic carbocycles. The first-order chi connectivity index (χ1) is 10.5. The second-order valence-electron chi connectivity index (χ2n) is 5.83. The molecular weight excluding hydrogens is 278 g/mol. The van der Waals surface area contributed by atoms with Gasteiger partial charge < -0.3 is 4.57 Å². The number of nitrogen functional groups attached to an aromatic ring is 1. The van der Waals surface area contributed by atoms with Crippen molar-refractivity contribution in [2.75, 3.05) is 0 Å².